The molecule has 1 N–H and O–H groups in total. The Balaban J connectivity index is 0. The van der Waals surface area contributed by atoms with E-state index in [1.165, 1.54) is 6.08 Å². The largest absolute Gasteiger partial charge is 0.461 e. The first kappa shape index (κ1) is 12.8. The van der Waals surface area contributed by atoms with Gasteiger partial charge < -0.3 is 9.84 Å². The zero-order valence-electron chi connectivity index (χ0n) is 5.88. The van der Waals surface area contributed by atoms with Gasteiger partial charge in [0.1, 0.15) is 6.61 Å². The summed E-state index contributed by atoms with van der Waals surface area (Å²) in [4.78, 5) is 10.6. The monoisotopic (exact) mass is 160 g/mol. The maximum absolute atomic E-state index is 10.6. The van der Waals surface area contributed by atoms with Crippen LogP contribution in [0.15, 0.2) is 12.7 Å². The molecule has 0 rings (SSSR count). The molecule has 0 aliphatic carbocycles. The van der Waals surface area contributed by atoms with Crippen LogP contribution in [-0.2, 0) is 9.53 Å². The van der Waals surface area contributed by atoms with Crippen molar-refractivity contribution in [1.29, 1.82) is 0 Å². The first-order chi connectivity index (χ1) is 4.81. The lowest BCUT2D eigenvalue weighted by Gasteiger charge is -1.98. The van der Waals surface area contributed by atoms with Crippen molar-refractivity contribution < 1.29 is 14.6 Å². The van der Waals surface area contributed by atoms with Crippen molar-refractivity contribution in [3.05, 3.63) is 12.7 Å². The van der Waals surface area contributed by atoms with E-state index in [4.69, 9.17) is 5.11 Å². The number of carbonyl (C=O) groups is 1. The average Bonchev–Trinajstić information content (AvgIpc) is 1.97. The van der Waals surface area contributed by atoms with Gasteiger partial charge in [0.25, 0.3) is 0 Å². The molecule has 3 heteroatoms. The van der Waals surface area contributed by atoms with Gasteiger partial charge in [0.05, 0.1) is 0 Å². The Hall–Kier alpha value is -0.830. The van der Waals surface area contributed by atoms with E-state index < -0.39 is 0 Å². The van der Waals surface area contributed by atoms with Crippen LogP contribution >= 0.6 is 0 Å². The van der Waals surface area contributed by atoms with E-state index in [-0.39, 0.29) is 33.0 Å². The fourth-order valence-electron chi connectivity index (χ4n) is 0.447. The van der Waals surface area contributed by atoms with E-state index >= 15 is 0 Å². The summed E-state index contributed by atoms with van der Waals surface area (Å²) in [5.74, 6) is -0.283. The molecule has 66 valence electrons. The van der Waals surface area contributed by atoms with Crippen molar-refractivity contribution in [2.45, 2.75) is 20.3 Å². The molecule has 0 amide bonds. The van der Waals surface area contributed by atoms with Gasteiger partial charge in [-0.3, -0.25) is 4.79 Å². The Morgan fingerprint density at radius 3 is 2.73 bits per heavy atom. The molecule has 0 aliphatic rings. The molecular weight excluding hydrogens is 144 g/mol. The number of hydrogen-bond acceptors (Lipinski definition) is 3. The summed E-state index contributed by atoms with van der Waals surface area (Å²) in [6, 6.07) is 0. The maximum Gasteiger partial charge on any atom is 0.306 e. The van der Waals surface area contributed by atoms with Crippen LogP contribution in [-0.4, -0.2) is 24.3 Å². The van der Waals surface area contributed by atoms with Gasteiger partial charge in [0.2, 0.25) is 0 Å². The summed E-state index contributed by atoms with van der Waals surface area (Å²) < 4.78 is 4.63. The maximum atomic E-state index is 10.6. The molecule has 0 fully saturated rings. The predicted molar refractivity (Wildman–Crippen MR) is 44.2 cm³/mol. The minimum Gasteiger partial charge on any atom is -0.461 e. The summed E-state index contributed by atoms with van der Waals surface area (Å²) in [6.45, 7) is 3.67. The lowest BCUT2D eigenvalue weighted by molar-refractivity contribution is -0.142. The SMILES string of the molecule is C.C=CCOC(=O)CCCO. The Kier molecular flexibility index (Phi) is 10.7. The molecule has 11 heavy (non-hydrogen) atoms. The molecule has 0 aromatic heterocycles. The van der Waals surface area contributed by atoms with Gasteiger partial charge in [-0.1, -0.05) is 20.1 Å². The number of rotatable bonds is 5. The molecule has 0 aromatic rings. The zero-order valence-corrected chi connectivity index (χ0v) is 5.88. The third-order valence-electron chi connectivity index (χ3n) is 0.901. The summed E-state index contributed by atoms with van der Waals surface area (Å²) in [7, 11) is 0. The minimum absolute atomic E-state index is 0. The first-order valence-electron chi connectivity index (χ1n) is 3.18. The van der Waals surface area contributed by atoms with Crippen LogP contribution in [0.3, 0.4) is 0 Å². The Morgan fingerprint density at radius 2 is 2.27 bits per heavy atom. The molecule has 0 aliphatic heterocycles. The molecule has 0 aromatic carbocycles. The van der Waals surface area contributed by atoms with Gasteiger partial charge in [0, 0.05) is 13.0 Å². The molecule has 0 atom stereocenters. The number of ether oxygens (including phenoxy) is 1. The van der Waals surface area contributed by atoms with Crippen LogP contribution in [0.5, 0.6) is 0 Å². The molecule has 0 saturated carbocycles. The van der Waals surface area contributed by atoms with E-state index in [9.17, 15) is 4.79 Å². The number of aliphatic hydroxyl groups excluding tert-OH is 1. The Labute approximate surface area is 67.7 Å². The van der Waals surface area contributed by atoms with Crippen molar-refractivity contribution in [2.24, 2.45) is 0 Å². The highest BCUT2D eigenvalue weighted by molar-refractivity contribution is 5.69. The van der Waals surface area contributed by atoms with E-state index in [0.29, 0.717) is 6.42 Å². The second-order valence-corrected chi connectivity index (χ2v) is 1.80. The number of carbonyl (C=O) groups excluding carboxylic acids is 1. The van der Waals surface area contributed by atoms with Crippen molar-refractivity contribution in [3.8, 4) is 0 Å². The smallest absolute Gasteiger partial charge is 0.306 e. The molecule has 0 saturated heterocycles. The second-order valence-electron chi connectivity index (χ2n) is 1.80. The quantitative estimate of drug-likeness (QED) is 0.484. The highest BCUT2D eigenvalue weighted by Gasteiger charge is 1.98. The number of aliphatic hydroxyl groups is 1. The van der Waals surface area contributed by atoms with E-state index in [0.717, 1.165) is 0 Å². The van der Waals surface area contributed by atoms with Crippen LogP contribution in [0.4, 0.5) is 0 Å². The predicted octanol–water partition coefficient (Wildman–Crippen LogP) is 1.12. The third-order valence-corrected chi connectivity index (χ3v) is 0.901. The summed E-state index contributed by atoms with van der Waals surface area (Å²) in [6.07, 6.45) is 2.26. The van der Waals surface area contributed by atoms with Crippen LogP contribution < -0.4 is 0 Å². The minimum atomic E-state index is -0.283. The van der Waals surface area contributed by atoms with Crippen LogP contribution in [0.2, 0.25) is 0 Å². The van der Waals surface area contributed by atoms with Crippen molar-refractivity contribution in [3.63, 3.8) is 0 Å². The fraction of sp³-hybridized carbons (Fsp3) is 0.625. The van der Waals surface area contributed by atoms with Gasteiger partial charge in [0.15, 0.2) is 0 Å². The molecule has 0 spiro atoms. The lowest BCUT2D eigenvalue weighted by Crippen LogP contribution is -2.04. The summed E-state index contributed by atoms with van der Waals surface area (Å²) >= 11 is 0. The van der Waals surface area contributed by atoms with Crippen molar-refractivity contribution in [2.75, 3.05) is 13.2 Å². The molecule has 0 heterocycles. The van der Waals surface area contributed by atoms with E-state index in [1.807, 2.05) is 0 Å². The number of hydrogen-bond donors (Lipinski definition) is 1. The average molecular weight is 160 g/mol. The van der Waals surface area contributed by atoms with E-state index in [2.05, 4.69) is 11.3 Å². The summed E-state index contributed by atoms with van der Waals surface area (Å²) in [5, 5.41) is 8.31. The molecule has 0 bridgehead atoms. The van der Waals surface area contributed by atoms with Gasteiger partial charge in [-0.2, -0.15) is 0 Å². The molecule has 0 unspecified atom stereocenters. The number of esters is 1. The van der Waals surface area contributed by atoms with Gasteiger partial charge in [-0.15, -0.1) is 0 Å². The topological polar surface area (TPSA) is 46.5 Å². The lowest BCUT2D eigenvalue weighted by atomic mass is 10.3. The first-order valence-corrected chi connectivity index (χ1v) is 3.18. The van der Waals surface area contributed by atoms with Gasteiger partial charge >= 0.3 is 5.97 Å². The zero-order chi connectivity index (χ0) is 7.82. The van der Waals surface area contributed by atoms with Gasteiger partial charge in [-0.25, -0.2) is 0 Å². The van der Waals surface area contributed by atoms with Crippen molar-refractivity contribution >= 4 is 5.97 Å². The summed E-state index contributed by atoms with van der Waals surface area (Å²) in [5.41, 5.74) is 0. The Bertz CT molecular complexity index is 110. The van der Waals surface area contributed by atoms with Crippen molar-refractivity contribution in [1.82, 2.24) is 0 Å². The Morgan fingerprint density at radius 1 is 1.64 bits per heavy atom. The van der Waals surface area contributed by atoms with Crippen LogP contribution in [0.25, 0.3) is 0 Å². The molecule has 3 nitrogen and oxygen atoms in total. The highest BCUT2D eigenvalue weighted by atomic mass is 16.5. The molecular formula is C8H16O3. The highest BCUT2D eigenvalue weighted by Crippen LogP contribution is 1.90. The van der Waals surface area contributed by atoms with Gasteiger partial charge in [-0.05, 0) is 6.42 Å². The normalized spacial score (nSPS) is 8.09. The second kappa shape index (κ2) is 9.17. The fourth-order valence-corrected chi connectivity index (χ4v) is 0.447. The van der Waals surface area contributed by atoms with Crippen LogP contribution in [0, 0.1) is 0 Å². The standard InChI is InChI=1S/C7H12O3.CH4/c1-2-6-10-7(9)4-3-5-8;/h2,8H,1,3-6H2;1H4. The molecule has 0 radical (unpaired) electrons. The van der Waals surface area contributed by atoms with E-state index in [1.54, 1.807) is 0 Å². The third kappa shape index (κ3) is 9.17. The van der Waals surface area contributed by atoms with Crippen LogP contribution in [0.1, 0.15) is 20.3 Å².